The van der Waals surface area contributed by atoms with Gasteiger partial charge in [0.25, 0.3) is 5.91 Å². The number of ether oxygens (including phenoxy) is 2. The number of rotatable bonds is 13. The maximum absolute atomic E-state index is 13.9. The molecule has 0 bridgehead atoms. The summed E-state index contributed by atoms with van der Waals surface area (Å²) in [5.74, 6) is 0.109. The monoisotopic (exact) mass is 612 g/mol. The fourth-order valence-electron chi connectivity index (χ4n) is 5.28. The molecule has 0 spiro atoms. The van der Waals surface area contributed by atoms with Crippen molar-refractivity contribution in [2.75, 3.05) is 52.5 Å². The lowest BCUT2D eigenvalue weighted by molar-refractivity contribution is -0.137. The number of anilines is 1. The predicted octanol–water partition coefficient (Wildman–Crippen LogP) is 2.54. The van der Waals surface area contributed by atoms with E-state index in [0.29, 0.717) is 18.8 Å². The van der Waals surface area contributed by atoms with E-state index in [1.807, 2.05) is 54.3 Å². The number of imidazole rings is 1. The van der Waals surface area contributed by atoms with E-state index in [-0.39, 0.29) is 24.9 Å². The number of aromatic nitrogens is 2. The largest absolute Gasteiger partial charge is 0.497 e. The van der Waals surface area contributed by atoms with E-state index in [1.165, 1.54) is 25.4 Å². The van der Waals surface area contributed by atoms with Crippen LogP contribution in [-0.4, -0.2) is 97.3 Å². The van der Waals surface area contributed by atoms with Gasteiger partial charge in [-0.3, -0.25) is 9.59 Å². The third-order valence-corrected chi connectivity index (χ3v) is 8.76. The average Bonchev–Trinajstić information content (AvgIpc) is 3.69. The molecule has 2 unspecified atom stereocenters. The molecule has 43 heavy (non-hydrogen) atoms. The molecule has 1 fully saturated rings. The summed E-state index contributed by atoms with van der Waals surface area (Å²) in [5, 5.41) is 4.07. The predicted molar refractivity (Wildman–Crippen MR) is 163 cm³/mol. The van der Waals surface area contributed by atoms with Gasteiger partial charge in [0.2, 0.25) is 15.9 Å². The van der Waals surface area contributed by atoms with Crippen molar-refractivity contribution in [3.05, 3.63) is 78.2 Å². The Morgan fingerprint density at radius 1 is 1.07 bits per heavy atom. The first kappa shape index (κ1) is 32.1. The molecular formula is C30H40N6O6S. The van der Waals surface area contributed by atoms with Crippen molar-refractivity contribution in [1.82, 2.24) is 23.9 Å². The number of likely N-dealkylation sites (tertiary alicyclic amines) is 1. The highest BCUT2D eigenvalue weighted by atomic mass is 32.2. The van der Waals surface area contributed by atoms with Crippen molar-refractivity contribution in [3.63, 3.8) is 0 Å². The van der Waals surface area contributed by atoms with Gasteiger partial charge in [-0.2, -0.15) is 0 Å². The number of hydrogen-bond donors (Lipinski definition) is 1. The summed E-state index contributed by atoms with van der Waals surface area (Å²) in [6.45, 7) is 3.14. The Bertz CT molecular complexity index is 1490. The van der Waals surface area contributed by atoms with Crippen LogP contribution >= 0.6 is 0 Å². The fraction of sp³-hybridized carbons (Fsp3) is 0.433. The molecule has 2 aromatic carbocycles. The first-order valence-corrected chi connectivity index (χ1v) is 15.9. The van der Waals surface area contributed by atoms with Crippen LogP contribution in [0.3, 0.4) is 0 Å². The number of hydrazine groups is 1. The molecule has 232 valence electrons. The zero-order valence-electron chi connectivity index (χ0n) is 25.3. The molecule has 1 aromatic heterocycles. The van der Waals surface area contributed by atoms with E-state index in [9.17, 15) is 18.0 Å². The quantitative estimate of drug-likeness (QED) is 0.292. The van der Waals surface area contributed by atoms with Crippen molar-refractivity contribution in [3.8, 4) is 5.75 Å². The topological polar surface area (TPSA) is 126 Å². The highest BCUT2D eigenvalue weighted by molar-refractivity contribution is 7.88. The zero-order chi connectivity index (χ0) is 31.2. The highest BCUT2D eigenvalue weighted by Crippen LogP contribution is 2.32. The molecule has 1 aliphatic rings. The summed E-state index contributed by atoms with van der Waals surface area (Å²) in [5.41, 5.74) is 0.452. The van der Waals surface area contributed by atoms with Crippen LogP contribution in [0, 0.1) is 0 Å². The number of methoxy groups -OCH3 is 1. The normalized spacial score (nSPS) is 15.8. The summed E-state index contributed by atoms with van der Waals surface area (Å²) in [7, 11) is 0.813. The number of carbonyl (C=O) groups is 2. The van der Waals surface area contributed by atoms with Crippen LogP contribution < -0.4 is 10.1 Å². The molecule has 13 heteroatoms. The molecule has 3 aromatic rings. The molecule has 0 saturated carbocycles. The van der Waals surface area contributed by atoms with Crippen LogP contribution in [-0.2, 0) is 36.5 Å². The molecule has 1 saturated heterocycles. The van der Waals surface area contributed by atoms with Crippen molar-refractivity contribution in [2.45, 2.75) is 38.0 Å². The number of benzene rings is 2. The Kier molecular flexibility index (Phi) is 10.2. The van der Waals surface area contributed by atoms with Gasteiger partial charge >= 0.3 is 0 Å². The van der Waals surface area contributed by atoms with Gasteiger partial charge in [-0.1, -0.05) is 42.5 Å². The van der Waals surface area contributed by atoms with E-state index in [4.69, 9.17) is 9.47 Å². The Labute approximate surface area is 253 Å². The third-order valence-electron chi connectivity index (χ3n) is 7.50. The Morgan fingerprint density at radius 3 is 2.30 bits per heavy atom. The molecule has 0 aliphatic carbocycles. The minimum absolute atomic E-state index is 0.0894. The second-order valence-corrected chi connectivity index (χ2v) is 12.7. The number of hydrogen-bond acceptors (Lipinski definition) is 8. The molecule has 2 atom stereocenters. The first-order chi connectivity index (χ1) is 20.4. The lowest BCUT2D eigenvalue weighted by Crippen LogP contribution is -2.55. The van der Waals surface area contributed by atoms with Crippen molar-refractivity contribution in [1.29, 1.82) is 0 Å². The summed E-state index contributed by atoms with van der Waals surface area (Å²) >= 11 is 0. The lowest BCUT2D eigenvalue weighted by Gasteiger charge is -2.34. The Balaban J connectivity index is 1.61. The number of nitrogens with zero attached hydrogens (tertiary/aromatic N) is 5. The standard InChI is InChI=1S/C30H40N6O6S/c1-30(29(38)34-17-9-10-18-34,24-13-15-25(41-4)16-14-24)35-19-27(31-22-35)32-28(37)26(36(33(2)3)43(5,39)40)21-42-20-23-11-7-6-8-12-23/h6-8,11-16,19,22,26H,9-10,17-18,20-21H2,1-5H3,(H,32,37). The minimum atomic E-state index is -3.84. The molecule has 2 heterocycles. The summed E-state index contributed by atoms with van der Waals surface area (Å²) in [6, 6.07) is 15.4. The van der Waals surface area contributed by atoms with Crippen LogP contribution in [0.1, 0.15) is 30.9 Å². The van der Waals surface area contributed by atoms with Gasteiger partial charge < -0.3 is 24.3 Å². The van der Waals surface area contributed by atoms with Crippen LogP contribution in [0.5, 0.6) is 5.75 Å². The van der Waals surface area contributed by atoms with Gasteiger partial charge in [-0.15, -0.1) is 4.41 Å². The van der Waals surface area contributed by atoms with Crippen LogP contribution in [0.15, 0.2) is 67.1 Å². The second kappa shape index (κ2) is 13.7. The smallest absolute Gasteiger partial charge is 0.253 e. The SMILES string of the molecule is COc1ccc(C(C)(C(=O)N2CCCC2)n2cnc(NC(=O)C(COCc3ccccc3)N(N(C)C)S(C)(=O)=O)c2)cc1. The number of amides is 2. The van der Waals surface area contributed by atoms with Crippen molar-refractivity contribution >= 4 is 27.7 Å². The van der Waals surface area contributed by atoms with Gasteiger partial charge in [0, 0.05) is 33.4 Å². The van der Waals surface area contributed by atoms with E-state index in [0.717, 1.165) is 34.6 Å². The number of sulfonamides is 1. The van der Waals surface area contributed by atoms with Crippen LogP contribution in [0.4, 0.5) is 5.82 Å². The van der Waals surface area contributed by atoms with Gasteiger partial charge in [-0.05, 0) is 43.0 Å². The molecule has 2 amide bonds. The maximum Gasteiger partial charge on any atom is 0.253 e. The molecular weight excluding hydrogens is 572 g/mol. The van der Waals surface area contributed by atoms with Crippen molar-refractivity contribution in [2.24, 2.45) is 0 Å². The van der Waals surface area contributed by atoms with Gasteiger partial charge in [0.05, 0.1) is 32.9 Å². The average molecular weight is 613 g/mol. The molecule has 12 nitrogen and oxygen atoms in total. The van der Waals surface area contributed by atoms with Gasteiger partial charge in [-0.25, -0.2) is 18.4 Å². The molecule has 1 aliphatic heterocycles. The Morgan fingerprint density at radius 2 is 1.72 bits per heavy atom. The summed E-state index contributed by atoms with van der Waals surface area (Å²) < 4.78 is 39.2. The zero-order valence-corrected chi connectivity index (χ0v) is 26.1. The molecule has 0 radical (unpaired) electrons. The first-order valence-electron chi connectivity index (χ1n) is 14.0. The third kappa shape index (κ3) is 7.42. The summed E-state index contributed by atoms with van der Waals surface area (Å²) in [4.78, 5) is 33.8. The lowest BCUT2D eigenvalue weighted by atomic mass is 9.90. The van der Waals surface area contributed by atoms with E-state index in [2.05, 4.69) is 10.3 Å². The Hall–Kier alpha value is -3.78. The molecule has 1 N–H and O–H groups in total. The van der Waals surface area contributed by atoms with Crippen LogP contribution in [0.25, 0.3) is 0 Å². The van der Waals surface area contributed by atoms with E-state index < -0.39 is 27.5 Å². The fourth-order valence-corrected chi connectivity index (χ4v) is 6.49. The second-order valence-electron chi connectivity index (χ2n) is 10.9. The van der Waals surface area contributed by atoms with Gasteiger partial charge in [0.1, 0.15) is 17.3 Å². The summed E-state index contributed by atoms with van der Waals surface area (Å²) in [6.07, 6.45) is 5.98. The van der Waals surface area contributed by atoms with E-state index in [1.54, 1.807) is 30.0 Å². The maximum atomic E-state index is 13.9. The van der Waals surface area contributed by atoms with Gasteiger partial charge in [0.15, 0.2) is 5.82 Å². The van der Waals surface area contributed by atoms with Crippen LogP contribution in [0.2, 0.25) is 0 Å². The molecule has 4 rings (SSSR count). The van der Waals surface area contributed by atoms with E-state index >= 15 is 0 Å². The minimum Gasteiger partial charge on any atom is -0.497 e. The highest BCUT2D eigenvalue weighted by Gasteiger charge is 2.41. The number of carbonyl (C=O) groups excluding carboxylic acids is 2. The number of nitrogens with one attached hydrogen (secondary N) is 1. The van der Waals surface area contributed by atoms with Crippen molar-refractivity contribution < 1.29 is 27.5 Å².